The number of nitrogens with zero attached hydrogens (tertiary/aromatic N) is 6. The standard InChI is InChI=1S/C29H30FN5O2.C15H10ClFN2/c1-20-28(23-18-21(30)5-7-24(23)32-29(20)25-4-2-3-9-31-25)33-26-19-22(34-10-14-36-15-11-34)6-8-27(26)35-12-16-37-17-13-35;1-9-14(16)11-8-10(17)5-6-12(11)19-15(9)13-4-2-3-7-18-13/h2-9,18-19H,10-17H2,1H3,(H,32,33);2-8H,1H3. The van der Waals surface area contributed by atoms with Crippen LogP contribution in [0.5, 0.6) is 0 Å². The van der Waals surface area contributed by atoms with Gasteiger partial charge in [0.05, 0.1) is 82.3 Å². The van der Waals surface area contributed by atoms with Crippen LogP contribution in [-0.4, -0.2) is 72.5 Å². The first-order valence-electron chi connectivity index (χ1n) is 18.6. The molecule has 56 heavy (non-hydrogen) atoms. The first kappa shape index (κ1) is 37.2. The molecule has 3 aromatic carbocycles. The third-order valence-electron chi connectivity index (χ3n) is 10.1. The maximum absolute atomic E-state index is 14.5. The smallest absolute Gasteiger partial charge is 0.124 e. The molecule has 0 bridgehead atoms. The molecule has 0 aliphatic carbocycles. The van der Waals surface area contributed by atoms with Crippen molar-refractivity contribution in [1.82, 2.24) is 19.9 Å². The van der Waals surface area contributed by atoms with Crippen LogP contribution in [0.15, 0.2) is 103 Å². The zero-order valence-corrected chi connectivity index (χ0v) is 31.9. The van der Waals surface area contributed by atoms with Crippen LogP contribution in [0.25, 0.3) is 44.6 Å². The van der Waals surface area contributed by atoms with Crippen LogP contribution in [0.4, 0.5) is 31.5 Å². The number of aromatic nitrogens is 4. The predicted molar refractivity (Wildman–Crippen MR) is 220 cm³/mol. The van der Waals surface area contributed by atoms with E-state index < -0.39 is 0 Å². The molecule has 0 unspecified atom stereocenters. The lowest BCUT2D eigenvalue weighted by Crippen LogP contribution is -2.37. The van der Waals surface area contributed by atoms with Crippen molar-refractivity contribution in [2.24, 2.45) is 0 Å². The highest BCUT2D eigenvalue weighted by Gasteiger charge is 2.21. The molecule has 284 valence electrons. The largest absolute Gasteiger partial charge is 0.378 e. The number of hydrogen-bond donors (Lipinski definition) is 1. The SMILES string of the molecule is Cc1c(-c2ccccn2)nc2ccc(F)cc2c1Cl.Cc1c(-c2ccccn2)nc2ccc(F)cc2c1Nc1cc(N2CCOCC2)ccc1N1CCOCC1. The average molecular weight is 772 g/mol. The fourth-order valence-corrected chi connectivity index (χ4v) is 7.39. The van der Waals surface area contributed by atoms with Crippen molar-refractivity contribution < 1.29 is 18.3 Å². The number of nitrogens with one attached hydrogen (secondary N) is 1. The molecule has 2 aliphatic heterocycles. The molecule has 9 nitrogen and oxygen atoms in total. The van der Waals surface area contributed by atoms with Gasteiger partial charge in [0, 0.05) is 60.6 Å². The molecule has 2 saturated heterocycles. The van der Waals surface area contributed by atoms with Gasteiger partial charge in [0.2, 0.25) is 0 Å². The van der Waals surface area contributed by atoms with E-state index in [0.29, 0.717) is 34.7 Å². The van der Waals surface area contributed by atoms with Gasteiger partial charge in [-0.1, -0.05) is 23.7 Å². The van der Waals surface area contributed by atoms with E-state index in [1.165, 1.54) is 18.2 Å². The summed E-state index contributed by atoms with van der Waals surface area (Å²) >= 11 is 6.32. The van der Waals surface area contributed by atoms with Crippen molar-refractivity contribution in [2.75, 3.05) is 67.7 Å². The number of fused-ring (bicyclic) bond motifs is 2. The molecule has 7 aromatic rings. The molecule has 0 spiro atoms. The van der Waals surface area contributed by atoms with Gasteiger partial charge in [-0.25, -0.2) is 18.7 Å². The molecule has 0 atom stereocenters. The van der Waals surface area contributed by atoms with E-state index in [2.05, 4.69) is 48.3 Å². The third-order valence-corrected chi connectivity index (χ3v) is 10.6. The van der Waals surface area contributed by atoms with Crippen LogP contribution in [0.1, 0.15) is 11.1 Å². The normalized spacial score (nSPS) is 14.4. The number of halogens is 3. The van der Waals surface area contributed by atoms with E-state index in [0.717, 1.165) is 101 Å². The summed E-state index contributed by atoms with van der Waals surface area (Å²) in [5, 5.41) is 5.60. The van der Waals surface area contributed by atoms with Gasteiger partial charge in [0.1, 0.15) is 11.6 Å². The molecular formula is C44H40ClF2N7O2. The van der Waals surface area contributed by atoms with Gasteiger partial charge in [0.25, 0.3) is 0 Å². The fourth-order valence-electron chi connectivity index (χ4n) is 7.15. The Labute approximate surface area is 328 Å². The summed E-state index contributed by atoms with van der Waals surface area (Å²) in [6, 6.07) is 27.1. The Morgan fingerprint density at radius 2 is 1.18 bits per heavy atom. The van der Waals surface area contributed by atoms with E-state index in [4.69, 9.17) is 26.1 Å². The van der Waals surface area contributed by atoms with Gasteiger partial charge >= 0.3 is 0 Å². The molecule has 12 heteroatoms. The fraction of sp³-hybridized carbons (Fsp3) is 0.227. The zero-order chi connectivity index (χ0) is 38.6. The average Bonchev–Trinajstić information content (AvgIpc) is 3.25. The van der Waals surface area contributed by atoms with Crippen LogP contribution >= 0.6 is 11.6 Å². The Kier molecular flexibility index (Phi) is 11.0. The molecule has 4 aromatic heterocycles. The highest BCUT2D eigenvalue weighted by atomic mass is 35.5. The van der Waals surface area contributed by atoms with Crippen LogP contribution in [0.3, 0.4) is 0 Å². The molecule has 0 radical (unpaired) electrons. The van der Waals surface area contributed by atoms with Crippen LogP contribution in [0, 0.1) is 25.5 Å². The summed E-state index contributed by atoms with van der Waals surface area (Å²) < 4.78 is 38.9. The maximum atomic E-state index is 14.5. The predicted octanol–water partition coefficient (Wildman–Crippen LogP) is 9.56. The second kappa shape index (κ2) is 16.5. The van der Waals surface area contributed by atoms with Crippen molar-refractivity contribution in [3.05, 3.63) is 131 Å². The van der Waals surface area contributed by atoms with Gasteiger partial charge in [-0.3, -0.25) is 9.97 Å². The van der Waals surface area contributed by atoms with Gasteiger partial charge < -0.3 is 24.6 Å². The van der Waals surface area contributed by atoms with Crippen molar-refractivity contribution in [3.63, 3.8) is 0 Å². The van der Waals surface area contributed by atoms with E-state index in [9.17, 15) is 8.78 Å². The van der Waals surface area contributed by atoms with Crippen LogP contribution < -0.4 is 15.1 Å². The number of hydrogen-bond acceptors (Lipinski definition) is 9. The summed E-state index contributed by atoms with van der Waals surface area (Å²) in [4.78, 5) is 22.9. The van der Waals surface area contributed by atoms with E-state index in [-0.39, 0.29) is 11.6 Å². The quantitative estimate of drug-likeness (QED) is 0.178. The molecule has 2 fully saturated rings. The number of pyridine rings is 4. The Morgan fingerprint density at radius 3 is 1.77 bits per heavy atom. The van der Waals surface area contributed by atoms with Crippen LogP contribution in [0.2, 0.25) is 5.02 Å². The maximum Gasteiger partial charge on any atom is 0.124 e. The Morgan fingerprint density at radius 1 is 0.625 bits per heavy atom. The Hall–Kier alpha value is -5.75. The first-order chi connectivity index (χ1) is 27.3. The van der Waals surface area contributed by atoms with Gasteiger partial charge in [0.15, 0.2) is 0 Å². The van der Waals surface area contributed by atoms with Crippen molar-refractivity contribution in [2.45, 2.75) is 13.8 Å². The lowest BCUT2D eigenvalue weighted by atomic mass is 10.0. The molecule has 0 saturated carbocycles. The molecule has 2 aliphatic rings. The monoisotopic (exact) mass is 771 g/mol. The number of rotatable bonds is 6. The second-order valence-corrected chi connectivity index (χ2v) is 14.0. The lowest BCUT2D eigenvalue weighted by molar-refractivity contribution is 0.122. The van der Waals surface area contributed by atoms with E-state index in [1.54, 1.807) is 30.6 Å². The van der Waals surface area contributed by atoms with Gasteiger partial charge in [-0.05, 0) is 98.3 Å². The molecular weight excluding hydrogens is 732 g/mol. The Bertz CT molecular complexity index is 2500. The van der Waals surface area contributed by atoms with E-state index in [1.807, 2.05) is 50.2 Å². The zero-order valence-electron chi connectivity index (χ0n) is 31.1. The third kappa shape index (κ3) is 7.84. The highest BCUT2D eigenvalue weighted by molar-refractivity contribution is 6.36. The minimum Gasteiger partial charge on any atom is -0.378 e. The number of benzene rings is 3. The summed E-state index contributed by atoms with van der Waals surface area (Å²) in [5.41, 5.74) is 10.2. The second-order valence-electron chi connectivity index (χ2n) is 13.6. The first-order valence-corrected chi connectivity index (χ1v) is 19.0. The minimum atomic E-state index is -0.318. The number of ether oxygens (including phenoxy) is 2. The summed E-state index contributed by atoms with van der Waals surface area (Å²) in [6.07, 6.45) is 3.47. The number of anilines is 4. The number of morpholine rings is 2. The van der Waals surface area contributed by atoms with Crippen LogP contribution in [-0.2, 0) is 9.47 Å². The lowest BCUT2D eigenvalue weighted by Gasteiger charge is -2.33. The van der Waals surface area contributed by atoms with Gasteiger partial charge in [-0.15, -0.1) is 0 Å². The highest BCUT2D eigenvalue weighted by Crippen LogP contribution is 2.40. The van der Waals surface area contributed by atoms with Gasteiger partial charge in [-0.2, -0.15) is 0 Å². The van der Waals surface area contributed by atoms with Crippen molar-refractivity contribution in [1.29, 1.82) is 0 Å². The van der Waals surface area contributed by atoms with Crippen molar-refractivity contribution in [3.8, 4) is 22.8 Å². The molecule has 9 rings (SSSR count). The molecule has 1 N–H and O–H groups in total. The van der Waals surface area contributed by atoms with E-state index >= 15 is 0 Å². The summed E-state index contributed by atoms with van der Waals surface area (Å²) in [5.74, 6) is -0.612. The Balaban J connectivity index is 0.000000194. The topological polar surface area (TPSA) is 88.5 Å². The minimum absolute atomic E-state index is 0.294. The summed E-state index contributed by atoms with van der Waals surface area (Å²) in [7, 11) is 0. The molecule has 0 amide bonds. The summed E-state index contributed by atoms with van der Waals surface area (Å²) in [6.45, 7) is 10.0. The van der Waals surface area contributed by atoms with Crippen molar-refractivity contribution >= 4 is 56.2 Å². The molecule has 6 heterocycles.